The van der Waals surface area contributed by atoms with Gasteiger partial charge in [0.2, 0.25) is 11.7 Å². The number of hydrogen-bond donors (Lipinski definition) is 1. The molecule has 0 aliphatic heterocycles. The van der Waals surface area contributed by atoms with Gasteiger partial charge in [-0.1, -0.05) is 12.1 Å². The molecule has 0 amide bonds. The molecule has 0 aliphatic carbocycles. The standard InChI is InChI=1S/C13H15Br2N3O2/c1-3-16-6-9-4-10(14)13(11(15)5-9)19-7-12-17-8(2)20-18-12/h4-5,16H,3,6-7H2,1-2H3. The zero-order valence-electron chi connectivity index (χ0n) is 11.2. The number of nitrogens with zero attached hydrogens (tertiary/aromatic N) is 2. The number of hydrogen-bond acceptors (Lipinski definition) is 5. The second-order valence-corrected chi connectivity index (χ2v) is 5.90. The quantitative estimate of drug-likeness (QED) is 0.797. The van der Waals surface area contributed by atoms with Crippen molar-refractivity contribution in [1.82, 2.24) is 15.5 Å². The number of rotatable bonds is 6. The molecule has 0 atom stereocenters. The van der Waals surface area contributed by atoms with Gasteiger partial charge < -0.3 is 14.6 Å². The van der Waals surface area contributed by atoms with Crippen LogP contribution in [0.4, 0.5) is 0 Å². The van der Waals surface area contributed by atoms with Gasteiger partial charge in [0.1, 0.15) is 5.75 Å². The van der Waals surface area contributed by atoms with Crippen LogP contribution in [0.25, 0.3) is 0 Å². The SMILES string of the molecule is CCNCc1cc(Br)c(OCc2noc(C)n2)c(Br)c1. The van der Waals surface area contributed by atoms with Crippen molar-refractivity contribution in [2.45, 2.75) is 27.0 Å². The van der Waals surface area contributed by atoms with E-state index in [1.165, 1.54) is 5.56 Å². The number of benzene rings is 1. The average molecular weight is 405 g/mol. The number of halogens is 2. The minimum atomic E-state index is 0.265. The van der Waals surface area contributed by atoms with Crippen molar-refractivity contribution >= 4 is 31.9 Å². The van der Waals surface area contributed by atoms with Gasteiger partial charge in [-0.25, -0.2) is 0 Å². The molecule has 1 heterocycles. The van der Waals surface area contributed by atoms with E-state index in [4.69, 9.17) is 9.26 Å². The predicted octanol–water partition coefficient (Wildman–Crippen LogP) is 3.59. The van der Waals surface area contributed by atoms with Crippen molar-refractivity contribution in [1.29, 1.82) is 0 Å². The topological polar surface area (TPSA) is 60.2 Å². The third kappa shape index (κ3) is 4.04. The van der Waals surface area contributed by atoms with E-state index in [0.29, 0.717) is 11.7 Å². The fourth-order valence-corrected chi connectivity index (χ4v) is 3.17. The highest BCUT2D eigenvalue weighted by Crippen LogP contribution is 2.35. The highest BCUT2D eigenvalue weighted by atomic mass is 79.9. The van der Waals surface area contributed by atoms with Gasteiger partial charge in [0.15, 0.2) is 6.61 Å². The molecule has 1 aromatic heterocycles. The molecule has 0 saturated heterocycles. The first-order chi connectivity index (χ1) is 9.60. The van der Waals surface area contributed by atoms with Crippen LogP contribution in [0, 0.1) is 6.92 Å². The van der Waals surface area contributed by atoms with Crippen LogP contribution in [0.2, 0.25) is 0 Å². The summed E-state index contributed by atoms with van der Waals surface area (Å²) in [6.07, 6.45) is 0. The van der Waals surface area contributed by atoms with E-state index in [9.17, 15) is 0 Å². The van der Waals surface area contributed by atoms with Crippen molar-refractivity contribution in [3.8, 4) is 5.75 Å². The molecule has 1 aromatic carbocycles. The summed E-state index contributed by atoms with van der Waals surface area (Å²) in [5.74, 6) is 1.79. The summed E-state index contributed by atoms with van der Waals surface area (Å²) in [7, 11) is 0. The fourth-order valence-electron chi connectivity index (χ4n) is 1.66. The molecule has 2 rings (SSSR count). The van der Waals surface area contributed by atoms with Crippen LogP contribution < -0.4 is 10.1 Å². The average Bonchev–Trinajstić information content (AvgIpc) is 2.81. The highest BCUT2D eigenvalue weighted by Gasteiger charge is 2.11. The number of aryl methyl sites for hydroxylation is 1. The molecule has 5 nitrogen and oxygen atoms in total. The summed E-state index contributed by atoms with van der Waals surface area (Å²) in [5.41, 5.74) is 1.17. The second-order valence-electron chi connectivity index (χ2n) is 4.19. The van der Waals surface area contributed by atoms with Crippen LogP contribution in [-0.2, 0) is 13.2 Å². The Labute approximate surface area is 134 Å². The van der Waals surface area contributed by atoms with Crippen molar-refractivity contribution in [2.24, 2.45) is 0 Å². The number of nitrogens with one attached hydrogen (secondary N) is 1. The lowest BCUT2D eigenvalue weighted by Crippen LogP contribution is -2.11. The Kier molecular flexibility index (Phi) is 5.56. The lowest BCUT2D eigenvalue weighted by atomic mass is 10.2. The Morgan fingerprint density at radius 3 is 2.55 bits per heavy atom. The van der Waals surface area contributed by atoms with Crippen LogP contribution >= 0.6 is 31.9 Å². The molecular weight excluding hydrogens is 390 g/mol. The van der Waals surface area contributed by atoms with E-state index in [0.717, 1.165) is 27.8 Å². The summed E-state index contributed by atoms with van der Waals surface area (Å²) in [6.45, 7) is 5.84. The minimum absolute atomic E-state index is 0.265. The van der Waals surface area contributed by atoms with Crippen LogP contribution in [0.15, 0.2) is 25.6 Å². The van der Waals surface area contributed by atoms with Gasteiger partial charge >= 0.3 is 0 Å². The highest BCUT2D eigenvalue weighted by molar-refractivity contribution is 9.11. The summed E-state index contributed by atoms with van der Waals surface area (Å²) in [5, 5.41) is 7.08. The molecule has 1 N–H and O–H groups in total. The van der Waals surface area contributed by atoms with Gasteiger partial charge in [-0.05, 0) is 56.1 Å². The maximum atomic E-state index is 5.73. The number of aromatic nitrogens is 2. The monoisotopic (exact) mass is 403 g/mol. The molecule has 0 saturated carbocycles. The molecule has 2 aromatic rings. The Bertz CT molecular complexity index is 564. The molecule has 0 bridgehead atoms. The molecule has 0 radical (unpaired) electrons. The lowest BCUT2D eigenvalue weighted by Gasteiger charge is -2.11. The Hall–Kier alpha value is -0.920. The Morgan fingerprint density at radius 1 is 1.30 bits per heavy atom. The van der Waals surface area contributed by atoms with Crippen molar-refractivity contribution in [3.63, 3.8) is 0 Å². The maximum Gasteiger partial charge on any atom is 0.223 e. The van der Waals surface area contributed by atoms with Gasteiger partial charge in [0, 0.05) is 13.5 Å². The van der Waals surface area contributed by atoms with Crippen LogP contribution in [0.5, 0.6) is 5.75 Å². The van der Waals surface area contributed by atoms with Crippen LogP contribution in [-0.4, -0.2) is 16.7 Å². The maximum absolute atomic E-state index is 5.73. The van der Waals surface area contributed by atoms with Crippen molar-refractivity contribution in [2.75, 3.05) is 6.54 Å². The smallest absolute Gasteiger partial charge is 0.223 e. The lowest BCUT2D eigenvalue weighted by molar-refractivity contribution is 0.282. The molecule has 7 heteroatoms. The van der Waals surface area contributed by atoms with Crippen LogP contribution in [0.1, 0.15) is 24.2 Å². The number of ether oxygens (including phenoxy) is 1. The first-order valence-corrected chi connectivity index (χ1v) is 7.79. The Morgan fingerprint density at radius 2 is 2.00 bits per heavy atom. The van der Waals surface area contributed by atoms with Gasteiger partial charge in [-0.2, -0.15) is 4.98 Å². The van der Waals surface area contributed by atoms with Crippen LogP contribution in [0.3, 0.4) is 0 Å². The zero-order chi connectivity index (χ0) is 14.5. The summed E-state index contributed by atoms with van der Waals surface area (Å²) >= 11 is 7.04. The van der Waals surface area contributed by atoms with Gasteiger partial charge in [-0.15, -0.1) is 0 Å². The van der Waals surface area contributed by atoms with Gasteiger partial charge in [0.05, 0.1) is 8.95 Å². The molecule has 0 unspecified atom stereocenters. The summed E-state index contributed by atoms with van der Waals surface area (Å²) in [6, 6.07) is 4.06. The van der Waals surface area contributed by atoms with Crippen molar-refractivity contribution in [3.05, 3.63) is 38.4 Å². The first kappa shape index (κ1) is 15.5. The van der Waals surface area contributed by atoms with Crippen molar-refractivity contribution < 1.29 is 9.26 Å². The third-order valence-electron chi connectivity index (χ3n) is 2.55. The predicted molar refractivity (Wildman–Crippen MR) is 82.6 cm³/mol. The second kappa shape index (κ2) is 7.19. The molecule has 0 fully saturated rings. The normalized spacial score (nSPS) is 10.8. The molecular formula is C13H15Br2N3O2. The van der Waals surface area contributed by atoms with Gasteiger partial charge in [0.25, 0.3) is 0 Å². The van der Waals surface area contributed by atoms with Gasteiger partial charge in [-0.3, -0.25) is 0 Å². The van der Waals surface area contributed by atoms with E-state index < -0.39 is 0 Å². The molecule has 20 heavy (non-hydrogen) atoms. The molecule has 108 valence electrons. The third-order valence-corrected chi connectivity index (χ3v) is 3.73. The van der Waals surface area contributed by atoms with E-state index >= 15 is 0 Å². The summed E-state index contributed by atoms with van der Waals surface area (Å²) < 4.78 is 12.4. The van der Waals surface area contributed by atoms with E-state index in [2.05, 4.69) is 54.2 Å². The summed E-state index contributed by atoms with van der Waals surface area (Å²) in [4.78, 5) is 4.10. The van der Waals surface area contributed by atoms with E-state index in [1.54, 1.807) is 6.92 Å². The zero-order valence-corrected chi connectivity index (χ0v) is 14.4. The minimum Gasteiger partial charge on any atom is -0.483 e. The van der Waals surface area contributed by atoms with E-state index in [-0.39, 0.29) is 6.61 Å². The largest absolute Gasteiger partial charge is 0.483 e. The first-order valence-electron chi connectivity index (χ1n) is 6.20. The van der Waals surface area contributed by atoms with E-state index in [1.807, 2.05) is 12.1 Å². The molecule has 0 spiro atoms. The fraction of sp³-hybridized carbons (Fsp3) is 0.385. The Balaban J connectivity index is 2.07. The molecule has 0 aliphatic rings.